The van der Waals surface area contributed by atoms with E-state index >= 15 is 0 Å². The third kappa shape index (κ3) is 4.34. The predicted molar refractivity (Wildman–Crippen MR) is 120 cm³/mol. The molecular formula is C21H18N4O5S2. The van der Waals surface area contributed by atoms with E-state index in [1.54, 1.807) is 23.1 Å². The third-order valence-electron chi connectivity index (χ3n) is 4.51. The molecule has 164 valence electrons. The van der Waals surface area contributed by atoms with E-state index in [0.717, 1.165) is 12.5 Å². The van der Waals surface area contributed by atoms with Crippen LogP contribution in [0.4, 0.5) is 5.69 Å². The van der Waals surface area contributed by atoms with Gasteiger partial charge in [-0.05, 0) is 36.4 Å². The quantitative estimate of drug-likeness (QED) is 0.447. The minimum Gasteiger partial charge on any atom is -0.497 e. The third-order valence-corrected chi connectivity index (χ3v) is 6.80. The van der Waals surface area contributed by atoms with E-state index in [4.69, 9.17) is 4.74 Å². The molecule has 2 aromatic carbocycles. The van der Waals surface area contributed by atoms with Gasteiger partial charge in [0.25, 0.3) is 15.9 Å². The summed E-state index contributed by atoms with van der Waals surface area (Å²) >= 11 is 1.33. The molecule has 2 N–H and O–H groups in total. The molecule has 9 nitrogen and oxygen atoms in total. The SMILES string of the molecule is COc1cccc(-c2cn3c(C(=O)Nc4ccc(S(=O)(=O)NC(C)=O)cc4)csc3n2)c1. The standard InChI is InChI=1S/C21H18N4O5S2/c1-13(26)24-32(28,29)17-8-6-15(7-9-17)22-20(27)19-12-31-21-23-18(11-25(19)21)14-4-3-5-16(10-14)30-2/h3-12H,1-2H3,(H,22,27)(H,24,26). The van der Waals surface area contributed by atoms with E-state index in [2.05, 4.69) is 10.3 Å². The molecule has 2 heterocycles. The summed E-state index contributed by atoms with van der Waals surface area (Å²) in [6.07, 6.45) is 1.78. The molecule has 0 aliphatic heterocycles. The number of benzene rings is 2. The second-order valence-corrected chi connectivity index (χ2v) is 9.29. The van der Waals surface area contributed by atoms with E-state index in [1.165, 1.54) is 35.6 Å². The number of sulfonamides is 1. The summed E-state index contributed by atoms with van der Waals surface area (Å²) in [5.74, 6) is -0.346. The van der Waals surface area contributed by atoms with Crippen molar-refractivity contribution in [2.75, 3.05) is 12.4 Å². The summed E-state index contributed by atoms with van der Waals surface area (Å²) in [5, 5.41) is 4.44. The number of carbonyl (C=O) groups excluding carboxylic acids is 2. The van der Waals surface area contributed by atoms with Crippen LogP contribution in [0.15, 0.2) is 65.0 Å². The van der Waals surface area contributed by atoms with Crippen LogP contribution in [0.25, 0.3) is 16.2 Å². The van der Waals surface area contributed by atoms with Gasteiger partial charge in [-0.1, -0.05) is 12.1 Å². The minimum atomic E-state index is -3.94. The fraction of sp³-hybridized carbons (Fsp3) is 0.0952. The van der Waals surface area contributed by atoms with Gasteiger partial charge < -0.3 is 10.1 Å². The molecule has 0 aliphatic rings. The van der Waals surface area contributed by atoms with Crippen molar-refractivity contribution in [3.8, 4) is 17.0 Å². The molecule has 0 aliphatic carbocycles. The number of carbonyl (C=O) groups is 2. The topological polar surface area (TPSA) is 119 Å². The van der Waals surface area contributed by atoms with Gasteiger partial charge in [-0.25, -0.2) is 18.1 Å². The maximum Gasteiger partial charge on any atom is 0.273 e. The molecule has 0 spiro atoms. The number of nitrogens with zero attached hydrogens (tertiary/aromatic N) is 2. The van der Waals surface area contributed by atoms with Crippen molar-refractivity contribution in [1.29, 1.82) is 0 Å². The molecule has 0 bridgehead atoms. The molecule has 0 unspecified atom stereocenters. The lowest BCUT2D eigenvalue weighted by atomic mass is 10.1. The van der Waals surface area contributed by atoms with Crippen molar-refractivity contribution in [3.63, 3.8) is 0 Å². The molecule has 4 rings (SSSR count). The summed E-state index contributed by atoms with van der Waals surface area (Å²) in [5.41, 5.74) is 2.37. The van der Waals surface area contributed by atoms with E-state index < -0.39 is 15.9 Å². The lowest BCUT2D eigenvalue weighted by molar-refractivity contribution is -0.117. The summed E-state index contributed by atoms with van der Waals surface area (Å²) < 4.78 is 32.9. The molecule has 2 amide bonds. The van der Waals surface area contributed by atoms with Crippen LogP contribution in [0.2, 0.25) is 0 Å². The van der Waals surface area contributed by atoms with Crippen LogP contribution in [0.3, 0.4) is 0 Å². The fourth-order valence-electron chi connectivity index (χ4n) is 3.03. The number of nitrogens with one attached hydrogen (secondary N) is 2. The highest BCUT2D eigenvalue weighted by molar-refractivity contribution is 7.90. The Hall–Kier alpha value is -3.70. The van der Waals surface area contributed by atoms with Crippen molar-refractivity contribution in [3.05, 3.63) is 65.8 Å². The van der Waals surface area contributed by atoms with Crippen molar-refractivity contribution >= 4 is 43.8 Å². The van der Waals surface area contributed by atoms with Crippen LogP contribution >= 0.6 is 11.3 Å². The van der Waals surface area contributed by atoms with E-state index in [-0.39, 0.29) is 10.8 Å². The molecule has 0 radical (unpaired) electrons. The fourth-order valence-corrected chi connectivity index (χ4v) is 4.87. The smallest absolute Gasteiger partial charge is 0.273 e. The zero-order valence-corrected chi connectivity index (χ0v) is 18.7. The van der Waals surface area contributed by atoms with Crippen LogP contribution in [-0.2, 0) is 14.8 Å². The second kappa shape index (κ2) is 8.44. The highest BCUT2D eigenvalue weighted by Gasteiger charge is 2.18. The Morgan fingerprint density at radius 3 is 2.56 bits per heavy atom. The molecule has 0 saturated heterocycles. The van der Waals surface area contributed by atoms with E-state index in [9.17, 15) is 18.0 Å². The molecule has 4 aromatic rings. The van der Waals surface area contributed by atoms with Crippen LogP contribution in [-0.4, -0.2) is 36.7 Å². The average Bonchev–Trinajstić information content (AvgIpc) is 3.34. The summed E-state index contributed by atoms with van der Waals surface area (Å²) in [4.78, 5) is 29.0. The lowest BCUT2D eigenvalue weighted by Crippen LogP contribution is -2.28. The van der Waals surface area contributed by atoms with Crippen molar-refractivity contribution in [1.82, 2.24) is 14.1 Å². The van der Waals surface area contributed by atoms with Gasteiger partial charge in [0.15, 0.2) is 4.96 Å². The Balaban J connectivity index is 1.55. The van der Waals surface area contributed by atoms with Gasteiger partial charge in [0, 0.05) is 29.8 Å². The first-order valence-electron chi connectivity index (χ1n) is 9.32. The average molecular weight is 471 g/mol. The number of ether oxygens (including phenoxy) is 1. The Morgan fingerprint density at radius 1 is 1.12 bits per heavy atom. The Bertz CT molecular complexity index is 1420. The summed E-state index contributed by atoms with van der Waals surface area (Å²) in [6, 6.07) is 13.0. The number of hydrogen-bond acceptors (Lipinski definition) is 7. The number of thiazole rings is 1. The van der Waals surface area contributed by atoms with Gasteiger partial charge in [0.2, 0.25) is 5.91 Å². The number of anilines is 1. The first-order valence-corrected chi connectivity index (χ1v) is 11.7. The zero-order chi connectivity index (χ0) is 22.9. The van der Waals surface area contributed by atoms with Gasteiger partial charge in [-0.3, -0.25) is 14.0 Å². The number of fused-ring (bicyclic) bond motifs is 1. The van der Waals surface area contributed by atoms with Gasteiger partial charge in [-0.2, -0.15) is 0 Å². The number of methoxy groups -OCH3 is 1. The van der Waals surface area contributed by atoms with Crippen LogP contribution in [0, 0.1) is 0 Å². The van der Waals surface area contributed by atoms with Gasteiger partial charge in [0.1, 0.15) is 11.4 Å². The first-order chi connectivity index (χ1) is 15.3. The monoisotopic (exact) mass is 470 g/mol. The molecule has 32 heavy (non-hydrogen) atoms. The molecule has 0 saturated carbocycles. The number of amides is 2. The van der Waals surface area contributed by atoms with Crippen molar-refractivity contribution < 1.29 is 22.7 Å². The van der Waals surface area contributed by atoms with Gasteiger partial charge >= 0.3 is 0 Å². The zero-order valence-electron chi connectivity index (χ0n) is 17.0. The highest BCUT2D eigenvalue weighted by Crippen LogP contribution is 2.26. The molecule has 2 aromatic heterocycles. The van der Waals surface area contributed by atoms with E-state index in [1.807, 2.05) is 29.0 Å². The lowest BCUT2D eigenvalue weighted by Gasteiger charge is -2.07. The Labute approximate surface area is 187 Å². The van der Waals surface area contributed by atoms with E-state index in [0.29, 0.717) is 27.8 Å². The predicted octanol–water partition coefficient (Wildman–Crippen LogP) is 3.15. The molecule has 11 heteroatoms. The van der Waals surface area contributed by atoms with Crippen LogP contribution in [0.5, 0.6) is 5.75 Å². The number of rotatable bonds is 6. The van der Waals surface area contributed by atoms with Crippen LogP contribution in [0.1, 0.15) is 17.4 Å². The first kappa shape index (κ1) is 21.5. The molecular weight excluding hydrogens is 452 g/mol. The largest absolute Gasteiger partial charge is 0.497 e. The van der Waals surface area contributed by atoms with Crippen molar-refractivity contribution in [2.45, 2.75) is 11.8 Å². The minimum absolute atomic E-state index is 0.0823. The van der Waals surface area contributed by atoms with Crippen molar-refractivity contribution in [2.24, 2.45) is 0 Å². The highest BCUT2D eigenvalue weighted by atomic mass is 32.2. The summed E-state index contributed by atoms with van der Waals surface area (Å²) in [6.45, 7) is 1.11. The van der Waals surface area contributed by atoms with Gasteiger partial charge in [0.05, 0.1) is 17.7 Å². The van der Waals surface area contributed by atoms with Crippen LogP contribution < -0.4 is 14.8 Å². The Morgan fingerprint density at radius 2 is 1.88 bits per heavy atom. The molecule has 0 atom stereocenters. The number of aromatic nitrogens is 2. The maximum absolute atomic E-state index is 12.8. The van der Waals surface area contributed by atoms with Gasteiger partial charge in [-0.15, -0.1) is 11.3 Å². The number of hydrogen-bond donors (Lipinski definition) is 2. The number of imidazole rings is 1. The summed E-state index contributed by atoms with van der Waals surface area (Å²) in [7, 11) is -2.35. The Kier molecular flexibility index (Phi) is 5.68. The second-order valence-electron chi connectivity index (χ2n) is 6.77. The normalized spacial score (nSPS) is 11.3. The maximum atomic E-state index is 12.8. The molecule has 0 fully saturated rings.